The molecule has 0 saturated carbocycles. The molecule has 17 heavy (non-hydrogen) atoms. The molecule has 1 N–H and O–H groups in total. The number of halogens is 1. The van der Waals surface area contributed by atoms with Crippen LogP contribution in [-0.2, 0) is 0 Å². The normalized spacial score (nSPS) is 14.4. The van der Waals surface area contributed by atoms with E-state index < -0.39 is 0 Å². The molecule has 1 aromatic rings. The molecule has 2 unspecified atom stereocenters. The maximum absolute atomic E-state index is 13.1. The van der Waals surface area contributed by atoms with E-state index in [4.69, 9.17) is 0 Å². The third-order valence-electron chi connectivity index (χ3n) is 3.26. The predicted octanol–water partition coefficient (Wildman–Crippen LogP) is 3.06. The van der Waals surface area contributed by atoms with Crippen molar-refractivity contribution in [3.63, 3.8) is 0 Å². The van der Waals surface area contributed by atoms with Gasteiger partial charge < -0.3 is 10.0 Å². The van der Waals surface area contributed by atoms with Gasteiger partial charge in [0, 0.05) is 18.8 Å². The lowest BCUT2D eigenvalue weighted by Crippen LogP contribution is -2.35. The fourth-order valence-corrected chi connectivity index (χ4v) is 1.77. The number of rotatable bonds is 6. The van der Waals surface area contributed by atoms with Crippen LogP contribution in [-0.4, -0.2) is 24.3 Å². The zero-order valence-electron chi connectivity index (χ0n) is 10.9. The van der Waals surface area contributed by atoms with E-state index in [9.17, 15) is 9.50 Å². The molecule has 2 nitrogen and oxygen atoms in total. The minimum Gasteiger partial charge on any atom is -0.391 e. The molecule has 0 aliphatic rings. The summed E-state index contributed by atoms with van der Waals surface area (Å²) in [7, 11) is 0. The molecule has 0 amide bonds. The van der Waals surface area contributed by atoms with E-state index >= 15 is 0 Å². The second-order valence-corrected chi connectivity index (χ2v) is 4.47. The van der Waals surface area contributed by atoms with E-state index in [-0.39, 0.29) is 17.8 Å². The summed E-state index contributed by atoms with van der Waals surface area (Å²) in [6, 6.07) is 6.51. The Hall–Kier alpha value is -1.09. The van der Waals surface area contributed by atoms with Crippen LogP contribution in [0.4, 0.5) is 10.1 Å². The van der Waals surface area contributed by atoms with Crippen LogP contribution >= 0.6 is 0 Å². The van der Waals surface area contributed by atoms with Gasteiger partial charge in [-0.3, -0.25) is 0 Å². The molecule has 0 bridgehead atoms. The number of hydrogen-bond donors (Lipinski definition) is 1. The molecule has 96 valence electrons. The molecule has 1 aromatic carbocycles. The average molecular weight is 239 g/mol. The zero-order valence-corrected chi connectivity index (χ0v) is 10.9. The summed E-state index contributed by atoms with van der Waals surface area (Å²) in [6.45, 7) is 7.41. The standard InChI is InChI=1S/C14H22FNO/c1-4-11(3)14(17)10-16(5-2)13-8-6-7-12(15)9-13/h6-9,11,14,17H,4-5,10H2,1-3H3. The van der Waals surface area contributed by atoms with Crippen LogP contribution in [0.3, 0.4) is 0 Å². The third kappa shape index (κ3) is 4.00. The predicted molar refractivity (Wildman–Crippen MR) is 69.7 cm³/mol. The maximum atomic E-state index is 13.1. The van der Waals surface area contributed by atoms with Gasteiger partial charge in [-0.15, -0.1) is 0 Å². The summed E-state index contributed by atoms with van der Waals surface area (Å²) in [4.78, 5) is 2.00. The van der Waals surface area contributed by atoms with Crippen molar-refractivity contribution in [3.05, 3.63) is 30.1 Å². The lowest BCUT2D eigenvalue weighted by Gasteiger charge is -2.28. The summed E-state index contributed by atoms with van der Waals surface area (Å²) in [5.41, 5.74) is 0.829. The molecule has 0 aliphatic heterocycles. The minimum absolute atomic E-state index is 0.237. The van der Waals surface area contributed by atoms with Crippen LogP contribution in [0.15, 0.2) is 24.3 Å². The van der Waals surface area contributed by atoms with E-state index in [1.165, 1.54) is 12.1 Å². The minimum atomic E-state index is -0.372. The van der Waals surface area contributed by atoms with E-state index in [0.29, 0.717) is 6.54 Å². The van der Waals surface area contributed by atoms with E-state index in [1.807, 2.05) is 24.8 Å². The lowest BCUT2D eigenvalue weighted by atomic mass is 10.0. The van der Waals surface area contributed by atoms with Crippen molar-refractivity contribution in [2.24, 2.45) is 5.92 Å². The number of hydrogen-bond acceptors (Lipinski definition) is 2. The van der Waals surface area contributed by atoms with Crippen molar-refractivity contribution >= 4 is 5.69 Å². The van der Waals surface area contributed by atoms with Crippen molar-refractivity contribution in [1.82, 2.24) is 0 Å². The Balaban J connectivity index is 2.72. The van der Waals surface area contributed by atoms with Crippen LogP contribution in [0.2, 0.25) is 0 Å². The Morgan fingerprint density at radius 3 is 2.59 bits per heavy atom. The number of anilines is 1. The Kier molecular flexibility index (Phi) is 5.42. The fourth-order valence-electron chi connectivity index (χ4n) is 1.77. The molecule has 0 fully saturated rings. The summed E-state index contributed by atoms with van der Waals surface area (Å²) in [6.07, 6.45) is 0.574. The molecule has 0 radical (unpaired) electrons. The van der Waals surface area contributed by atoms with Gasteiger partial charge >= 0.3 is 0 Å². The van der Waals surface area contributed by atoms with Crippen molar-refractivity contribution in [1.29, 1.82) is 0 Å². The SMILES string of the molecule is CCC(C)C(O)CN(CC)c1cccc(F)c1. The van der Waals surface area contributed by atoms with Crippen LogP contribution in [0.25, 0.3) is 0 Å². The second-order valence-electron chi connectivity index (χ2n) is 4.47. The third-order valence-corrected chi connectivity index (χ3v) is 3.26. The Bertz CT molecular complexity index is 343. The average Bonchev–Trinajstić information content (AvgIpc) is 2.34. The first-order chi connectivity index (χ1) is 8.08. The first-order valence-electron chi connectivity index (χ1n) is 6.27. The Morgan fingerprint density at radius 1 is 1.35 bits per heavy atom. The zero-order chi connectivity index (χ0) is 12.8. The Morgan fingerprint density at radius 2 is 2.06 bits per heavy atom. The summed E-state index contributed by atoms with van der Waals surface area (Å²) in [5.74, 6) is 0.0246. The van der Waals surface area contributed by atoms with Crippen molar-refractivity contribution in [2.45, 2.75) is 33.3 Å². The first-order valence-corrected chi connectivity index (χ1v) is 6.27. The highest BCUT2D eigenvalue weighted by molar-refractivity contribution is 5.46. The van der Waals surface area contributed by atoms with E-state index in [2.05, 4.69) is 6.92 Å². The highest BCUT2D eigenvalue weighted by Gasteiger charge is 2.16. The fraction of sp³-hybridized carbons (Fsp3) is 0.571. The molecular weight excluding hydrogens is 217 g/mol. The van der Waals surface area contributed by atoms with Crippen molar-refractivity contribution in [2.75, 3.05) is 18.0 Å². The first kappa shape index (κ1) is 14.0. The molecule has 0 saturated heterocycles. The van der Waals surface area contributed by atoms with Gasteiger partial charge in [0.2, 0.25) is 0 Å². The van der Waals surface area contributed by atoms with Gasteiger partial charge in [0.1, 0.15) is 5.82 Å². The van der Waals surface area contributed by atoms with Gasteiger partial charge in [-0.25, -0.2) is 4.39 Å². The summed E-state index contributed by atoms with van der Waals surface area (Å²) >= 11 is 0. The maximum Gasteiger partial charge on any atom is 0.125 e. The van der Waals surface area contributed by atoms with Crippen LogP contribution in [0.1, 0.15) is 27.2 Å². The van der Waals surface area contributed by atoms with Gasteiger partial charge in [0.15, 0.2) is 0 Å². The van der Waals surface area contributed by atoms with Gasteiger partial charge in [-0.2, -0.15) is 0 Å². The Labute approximate surface area is 103 Å². The number of aliphatic hydroxyl groups is 1. The molecule has 1 rings (SSSR count). The number of aliphatic hydroxyl groups excluding tert-OH is 1. The molecule has 0 aliphatic carbocycles. The largest absolute Gasteiger partial charge is 0.391 e. The number of benzene rings is 1. The molecule has 0 heterocycles. The summed E-state index contributed by atoms with van der Waals surface area (Å²) in [5, 5.41) is 10.0. The summed E-state index contributed by atoms with van der Waals surface area (Å²) < 4.78 is 13.1. The number of likely N-dealkylation sites (N-methyl/N-ethyl adjacent to an activating group) is 1. The van der Waals surface area contributed by atoms with Crippen molar-refractivity contribution < 1.29 is 9.50 Å². The molecule has 0 aromatic heterocycles. The van der Waals surface area contributed by atoms with E-state index in [0.717, 1.165) is 18.7 Å². The highest BCUT2D eigenvalue weighted by atomic mass is 19.1. The van der Waals surface area contributed by atoms with Gasteiger partial charge in [-0.1, -0.05) is 26.3 Å². The van der Waals surface area contributed by atoms with Gasteiger partial charge in [-0.05, 0) is 31.0 Å². The van der Waals surface area contributed by atoms with Crippen LogP contribution < -0.4 is 4.90 Å². The molecule has 3 heteroatoms. The monoisotopic (exact) mass is 239 g/mol. The molecule has 0 spiro atoms. The van der Waals surface area contributed by atoms with Gasteiger partial charge in [0.25, 0.3) is 0 Å². The quantitative estimate of drug-likeness (QED) is 0.824. The second kappa shape index (κ2) is 6.60. The lowest BCUT2D eigenvalue weighted by molar-refractivity contribution is 0.120. The van der Waals surface area contributed by atoms with E-state index in [1.54, 1.807) is 6.07 Å². The smallest absolute Gasteiger partial charge is 0.125 e. The van der Waals surface area contributed by atoms with Gasteiger partial charge in [0.05, 0.1) is 6.10 Å². The molecule has 2 atom stereocenters. The number of nitrogens with zero attached hydrogens (tertiary/aromatic N) is 1. The highest BCUT2D eigenvalue weighted by Crippen LogP contribution is 2.18. The van der Waals surface area contributed by atoms with Crippen molar-refractivity contribution in [3.8, 4) is 0 Å². The molecular formula is C14H22FNO. The van der Waals surface area contributed by atoms with Crippen LogP contribution in [0.5, 0.6) is 0 Å². The van der Waals surface area contributed by atoms with Crippen LogP contribution in [0, 0.1) is 11.7 Å². The topological polar surface area (TPSA) is 23.5 Å².